The summed E-state index contributed by atoms with van der Waals surface area (Å²) in [6.07, 6.45) is 3.03. The first-order valence-electron chi connectivity index (χ1n) is 4.42. The number of nitrogen functional groups attached to an aromatic ring is 1. The van der Waals surface area contributed by atoms with E-state index in [1.165, 1.54) is 12.4 Å². The van der Waals surface area contributed by atoms with Crippen molar-refractivity contribution in [2.24, 2.45) is 7.05 Å². The molecule has 6 heteroatoms. The number of hydrogen-bond acceptors (Lipinski definition) is 5. The molecule has 78 valence electrons. The Kier molecular flexibility index (Phi) is 2.24. The highest BCUT2D eigenvalue weighted by atomic mass is 16.5. The van der Waals surface area contributed by atoms with Crippen LogP contribution in [0.2, 0.25) is 0 Å². The molecular formula is C9H11N5O. The smallest absolute Gasteiger partial charge is 0.264 e. The van der Waals surface area contributed by atoms with Crippen molar-refractivity contribution in [1.29, 1.82) is 0 Å². The van der Waals surface area contributed by atoms with Crippen molar-refractivity contribution in [3.63, 3.8) is 0 Å². The molecule has 0 aromatic carbocycles. The molecule has 2 heterocycles. The zero-order chi connectivity index (χ0) is 10.8. The normalized spacial score (nSPS) is 10.3. The van der Waals surface area contributed by atoms with Crippen molar-refractivity contribution >= 4 is 5.82 Å². The van der Waals surface area contributed by atoms with Gasteiger partial charge < -0.3 is 10.5 Å². The number of aryl methyl sites for hydroxylation is 2. The molecule has 6 nitrogen and oxygen atoms in total. The largest absolute Gasteiger partial charge is 0.417 e. The Hall–Kier alpha value is -2.11. The maximum atomic E-state index is 5.60. The maximum absolute atomic E-state index is 5.60. The molecule has 0 aliphatic heterocycles. The van der Waals surface area contributed by atoms with Gasteiger partial charge in [-0.25, -0.2) is 14.6 Å². The Morgan fingerprint density at radius 3 is 2.67 bits per heavy atom. The molecule has 0 amide bonds. The average Bonchev–Trinajstić information content (AvgIpc) is 2.49. The Morgan fingerprint density at radius 2 is 2.07 bits per heavy atom. The molecule has 2 aromatic heterocycles. The summed E-state index contributed by atoms with van der Waals surface area (Å²) in [5, 5.41) is 4.14. The van der Waals surface area contributed by atoms with E-state index in [0.29, 0.717) is 11.8 Å². The summed E-state index contributed by atoms with van der Waals surface area (Å²) in [6, 6.07) is 1.80. The zero-order valence-corrected chi connectivity index (χ0v) is 8.51. The number of nitrogens with zero attached hydrogens (tertiary/aromatic N) is 4. The molecule has 0 fully saturated rings. The summed E-state index contributed by atoms with van der Waals surface area (Å²) in [5.74, 6) is 1.14. The Bertz CT molecular complexity index is 479. The van der Waals surface area contributed by atoms with Gasteiger partial charge in [-0.2, -0.15) is 5.10 Å². The van der Waals surface area contributed by atoms with Gasteiger partial charge in [-0.05, 0) is 6.92 Å². The summed E-state index contributed by atoms with van der Waals surface area (Å²) in [7, 11) is 1.79. The van der Waals surface area contributed by atoms with Crippen LogP contribution in [0, 0.1) is 6.92 Å². The van der Waals surface area contributed by atoms with Crippen LogP contribution in [0.5, 0.6) is 11.8 Å². The predicted octanol–water partition coefficient (Wildman–Crippen LogP) is 0.893. The Balaban J connectivity index is 2.29. The average molecular weight is 205 g/mol. The molecule has 2 aromatic rings. The summed E-state index contributed by atoms with van der Waals surface area (Å²) >= 11 is 0. The second kappa shape index (κ2) is 3.56. The maximum Gasteiger partial charge on any atom is 0.264 e. The van der Waals surface area contributed by atoms with Crippen LogP contribution in [0.15, 0.2) is 18.5 Å². The minimum atomic E-state index is 0.261. The SMILES string of the molecule is Cc1cc(Oc2nccnc2N)n(C)n1. The molecule has 0 saturated carbocycles. The van der Waals surface area contributed by atoms with E-state index in [9.17, 15) is 0 Å². The van der Waals surface area contributed by atoms with Gasteiger partial charge in [0.05, 0.1) is 5.69 Å². The van der Waals surface area contributed by atoms with Gasteiger partial charge in [0, 0.05) is 25.5 Å². The number of rotatable bonds is 2. The molecule has 2 rings (SSSR count). The lowest BCUT2D eigenvalue weighted by atomic mass is 10.5. The highest BCUT2D eigenvalue weighted by Gasteiger charge is 2.08. The van der Waals surface area contributed by atoms with Gasteiger partial charge in [0.15, 0.2) is 5.82 Å². The van der Waals surface area contributed by atoms with Crippen molar-refractivity contribution in [3.05, 3.63) is 24.2 Å². The lowest BCUT2D eigenvalue weighted by Gasteiger charge is -2.04. The molecule has 0 aliphatic carbocycles. The standard InChI is InChI=1S/C9H11N5O/c1-6-5-7(14(2)13-6)15-9-8(10)11-3-4-12-9/h3-5H,1-2H3,(H2,10,11). The molecule has 2 N–H and O–H groups in total. The van der Waals surface area contributed by atoms with Crippen LogP contribution in [-0.2, 0) is 7.05 Å². The second-order valence-electron chi connectivity index (χ2n) is 3.10. The minimum Gasteiger partial charge on any atom is -0.417 e. The van der Waals surface area contributed by atoms with E-state index in [1.54, 1.807) is 17.8 Å². The topological polar surface area (TPSA) is 78.9 Å². The number of ether oxygens (including phenoxy) is 1. The van der Waals surface area contributed by atoms with Crippen molar-refractivity contribution in [2.45, 2.75) is 6.92 Å². The Morgan fingerprint density at radius 1 is 1.33 bits per heavy atom. The van der Waals surface area contributed by atoms with Crippen LogP contribution in [0.4, 0.5) is 5.82 Å². The quantitative estimate of drug-likeness (QED) is 0.787. The fourth-order valence-corrected chi connectivity index (χ4v) is 1.20. The third-order valence-corrected chi connectivity index (χ3v) is 1.85. The van der Waals surface area contributed by atoms with Gasteiger partial charge in [0.1, 0.15) is 0 Å². The third-order valence-electron chi connectivity index (χ3n) is 1.85. The minimum absolute atomic E-state index is 0.261. The summed E-state index contributed by atoms with van der Waals surface area (Å²) in [5.41, 5.74) is 6.47. The van der Waals surface area contributed by atoms with E-state index >= 15 is 0 Å². The van der Waals surface area contributed by atoms with Gasteiger partial charge >= 0.3 is 0 Å². The van der Waals surface area contributed by atoms with Crippen LogP contribution in [0.25, 0.3) is 0 Å². The first kappa shape index (κ1) is 9.45. The van der Waals surface area contributed by atoms with Crippen LogP contribution < -0.4 is 10.5 Å². The van der Waals surface area contributed by atoms with E-state index < -0.39 is 0 Å². The highest BCUT2D eigenvalue weighted by Crippen LogP contribution is 2.22. The summed E-state index contributed by atoms with van der Waals surface area (Å²) in [6.45, 7) is 1.88. The van der Waals surface area contributed by atoms with Crippen LogP contribution in [0.1, 0.15) is 5.69 Å². The lowest BCUT2D eigenvalue weighted by molar-refractivity contribution is 0.416. The van der Waals surface area contributed by atoms with E-state index in [-0.39, 0.29) is 5.82 Å². The number of hydrogen-bond donors (Lipinski definition) is 1. The zero-order valence-electron chi connectivity index (χ0n) is 8.51. The van der Waals surface area contributed by atoms with Gasteiger partial charge in [0.2, 0.25) is 5.88 Å². The first-order chi connectivity index (χ1) is 7.16. The second-order valence-corrected chi connectivity index (χ2v) is 3.10. The van der Waals surface area contributed by atoms with Gasteiger partial charge in [0.25, 0.3) is 5.88 Å². The molecule has 0 spiro atoms. The molecule has 0 bridgehead atoms. The first-order valence-corrected chi connectivity index (χ1v) is 4.42. The highest BCUT2D eigenvalue weighted by molar-refractivity contribution is 5.40. The summed E-state index contributed by atoms with van der Waals surface area (Å²) < 4.78 is 7.08. The number of anilines is 1. The molecular weight excluding hydrogens is 194 g/mol. The third kappa shape index (κ3) is 1.88. The molecule has 0 saturated heterocycles. The van der Waals surface area contributed by atoms with Crippen molar-refractivity contribution in [2.75, 3.05) is 5.73 Å². The van der Waals surface area contributed by atoms with Crippen molar-refractivity contribution in [3.8, 4) is 11.8 Å². The molecule has 15 heavy (non-hydrogen) atoms. The Labute approximate surface area is 86.7 Å². The fourth-order valence-electron chi connectivity index (χ4n) is 1.20. The van der Waals surface area contributed by atoms with Crippen molar-refractivity contribution < 1.29 is 4.74 Å². The monoisotopic (exact) mass is 205 g/mol. The van der Waals surface area contributed by atoms with E-state index in [2.05, 4.69) is 15.1 Å². The van der Waals surface area contributed by atoms with E-state index in [1.807, 2.05) is 6.92 Å². The number of aromatic nitrogens is 4. The lowest BCUT2D eigenvalue weighted by Crippen LogP contribution is -2.00. The van der Waals surface area contributed by atoms with Gasteiger partial charge in [-0.15, -0.1) is 0 Å². The van der Waals surface area contributed by atoms with Crippen LogP contribution in [-0.4, -0.2) is 19.7 Å². The molecule has 0 unspecified atom stereocenters. The van der Waals surface area contributed by atoms with Gasteiger partial charge in [-0.3, -0.25) is 0 Å². The predicted molar refractivity (Wildman–Crippen MR) is 54.5 cm³/mol. The van der Waals surface area contributed by atoms with E-state index in [4.69, 9.17) is 10.5 Å². The van der Waals surface area contributed by atoms with E-state index in [0.717, 1.165) is 5.69 Å². The fraction of sp³-hybridized carbons (Fsp3) is 0.222. The van der Waals surface area contributed by atoms with Gasteiger partial charge in [-0.1, -0.05) is 0 Å². The molecule has 0 radical (unpaired) electrons. The molecule has 0 atom stereocenters. The van der Waals surface area contributed by atoms with Crippen LogP contribution in [0.3, 0.4) is 0 Å². The summed E-state index contributed by atoms with van der Waals surface area (Å²) in [4.78, 5) is 7.85. The molecule has 0 aliphatic rings. The van der Waals surface area contributed by atoms with Crippen molar-refractivity contribution in [1.82, 2.24) is 19.7 Å². The van der Waals surface area contributed by atoms with Crippen LogP contribution >= 0.6 is 0 Å². The number of nitrogens with two attached hydrogens (primary N) is 1.